The zero-order chi connectivity index (χ0) is 29.6. The van der Waals surface area contributed by atoms with Crippen molar-refractivity contribution in [2.24, 2.45) is 22.6 Å². The molecule has 4 aliphatic heterocycles. The fourth-order valence-corrected chi connectivity index (χ4v) is 6.05. The van der Waals surface area contributed by atoms with Gasteiger partial charge in [0.1, 0.15) is 18.3 Å². The highest BCUT2D eigenvalue weighted by Crippen LogP contribution is 2.44. The van der Waals surface area contributed by atoms with Crippen LogP contribution in [0.2, 0.25) is 0 Å². The number of hydrogen-bond acceptors (Lipinski definition) is 7. The van der Waals surface area contributed by atoms with E-state index in [0.717, 1.165) is 60.1 Å². The normalized spacial score (nSPS) is 23.6. The Morgan fingerprint density at radius 2 is 1.98 bits per heavy atom. The average Bonchev–Trinajstić information content (AvgIpc) is 3.36. The third kappa shape index (κ3) is 5.01. The fourth-order valence-electron chi connectivity index (χ4n) is 6.05. The minimum absolute atomic E-state index is 0.0104. The second-order valence-corrected chi connectivity index (χ2v) is 10.7. The maximum Gasteiger partial charge on any atom is 0.416 e. The number of alkyl halides is 3. The quantitative estimate of drug-likeness (QED) is 0.494. The summed E-state index contributed by atoms with van der Waals surface area (Å²) in [4.78, 5) is 37.2. The van der Waals surface area contributed by atoms with Crippen LogP contribution in [0.3, 0.4) is 0 Å². The number of carbonyl (C=O) groups excluding carboxylic acids is 2. The van der Waals surface area contributed by atoms with E-state index >= 15 is 0 Å². The first-order valence-electron chi connectivity index (χ1n) is 13.8. The van der Waals surface area contributed by atoms with Gasteiger partial charge in [0.05, 0.1) is 17.3 Å². The van der Waals surface area contributed by atoms with Gasteiger partial charge in [0.25, 0.3) is 5.91 Å². The predicted molar refractivity (Wildman–Crippen MR) is 150 cm³/mol. The Morgan fingerprint density at radius 3 is 2.71 bits per heavy atom. The lowest BCUT2D eigenvalue weighted by Gasteiger charge is -2.42. The van der Waals surface area contributed by atoms with E-state index in [1.165, 1.54) is 0 Å². The van der Waals surface area contributed by atoms with Crippen LogP contribution in [0.25, 0.3) is 5.57 Å². The number of nitrogens with two attached hydrogens (primary N) is 1. The number of rotatable bonds is 5. The number of hydrogen-bond donors (Lipinski definition) is 2. The molecule has 2 saturated heterocycles. The van der Waals surface area contributed by atoms with Gasteiger partial charge in [-0.1, -0.05) is 25.1 Å². The van der Waals surface area contributed by atoms with Crippen molar-refractivity contribution >= 4 is 29.2 Å². The number of anilines is 1. The topological polar surface area (TPSA) is 113 Å². The van der Waals surface area contributed by atoms with E-state index in [2.05, 4.69) is 33.2 Å². The standard InChI is InChI=1S/C30H29F3N6O3/c1-2-17-13-23(20-7-8-22-16-42-29(41)39(22)15-20)38-12-11-36-27(34)26(38)25(17)18-3-5-19(6-4-18)28(40)37-24-14-21(9-10-35-24)30(31,32)33/h3-6,9-14,17,20,22H,2,7-8,15-16H2,1H3,(H2,34,36)(H,35,37,40). The zero-order valence-corrected chi connectivity index (χ0v) is 22.8. The molecule has 3 unspecified atom stereocenters. The van der Waals surface area contributed by atoms with Crippen molar-refractivity contribution in [2.45, 2.75) is 38.4 Å². The number of piperidine rings is 1. The third-order valence-electron chi connectivity index (χ3n) is 8.17. The Morgan fingerprint density at radius 1 is 1.19 bits per heavy atom. The molecule has 3 atom stereocenters. The van der Waals surface area contributed by atoms with Crippen molar-refractivity contribution in [2.75, 3.05) is 18.5 Å². The lowest BCUT2D eigenvalue weighted by Crippen LogP contribution is -2.45. The molecule has 2 aromatic rings. The van der Waals surface area contributed by atoms with Crippen molar-refractivity contribution in [1.82, 2.24) is 14.8 Å². The van der Waals surface area contributed by atoms with E-state index in [1.807, 2.05) is 11.1 Å². The number of allylic oxidation sites excluding steroid dienone is 2. The van der Waals surface area contributed by atoms with Gasteiger partial charge >= 0.3 is 12.3 Å². The van der Waals surface area contributed by atoms with Crippen molar-refractivity contribution in [3.63, 3.8) is 0 Å². The van der Waals surface area contributed by atoms with Crippen LogP contribution in [0.1, 0.15) is 47.7 Å². The van der Waals surface area contributed by atoms with E-state index in [4.69, 9.17) is 10.5 Å². The number of carbonyl (C=O) groups is 2. The molecule has 42 heavy (non-hydrogen) atoms. The predicted octanol–water partition coefficient (Wildman–Crippen LogP) is 5.36. The smallest absolute Gasteiger partial charge is 0.416 e. The molecular formula is C30H29F3N6O3. The summed E-state index contributed by atoms with van der Waals surface area (Å²) in [5.74, 6) is -0.316. The van der Waals surface area contributed by atoms with Crippen LogP contribution in [0, 0.1) is 11.8 Å². The number of nitrogens with one attached hydrogen (secondary N) is 1. The number of nitrogens with zero attached hydrogens (tertiary/aromatic N) is 4. The molecule has 1 aromatic heterocycles. The molecule has 3 N–H and O–H groups in total. The van der Waals surface area contributed by atoms with Crippen molar-refractivity contribution < 1.29 is 27.5 Å². The average molecular weight is 579 g/mol. The van der Waals surface area contributed by atoms with Gasteiger partial charge in [-0.3, -0.25) is 4.79 Å². The van der Waals surface area contributed by atoms with Crippen molar-refractivity contribution in [3.8, 4) is 0 Å². The first kappa shape index (κ1) is 27.6. The number of aromatic nitrogens is 1. The van der Waals surface area contributed by atoms with Gasteiger partial charge in [0.2, 0.25) is 0 Å². The second-order valence-electron chi connectivity index (χ2n) is 10.7. The number of benzene rings is 1. The number of amidine groups is 1. The van der Waals surface area contributed by atoms with Gasteiger partial charge in [-0.25, -0.2) is 14.8 Å². The maximum absolute atomic E-state index is 13.1. The molecule has 2 fully saturated rings. The molecule has 12 heteroatoms. The molecule has 218 valence electrons. The lowest BCUT2D eigenvalue weighted by atomic mass is 9.80. The largest absolute Gasteiger partial charge is 0.447 e. The van der Waals surface area contributed by atoms with E-state index in [9.17, 15) is 22.8 Å². The highest BCUT2D eigenvalue weighted by molar-refractivity contribution is 6.06. The summed E-state index contributed by atoms with van der Waals surface area (Å²) in [6, 6.07) is 8.60. The van der Waals surface area contributed by atoms with E-state index in [1.54, 1.807) is 30.5 Å². The van der Waals surface area contributed by atoms with Gasteiger partial charge < -0.3 is 25.6 Å². The monoisotopic (exact) mass is 578 g/mol. The highest BCUT2D eigenvalue weighted by atomic mass is 19.4. The van der Waals surface area contributed by atoms with Gasteiger partial charge in [0, 0.05) is 48.2 Å². The Labute approximate surface area is 240 Å². The molecule has 6 rings (SSSR count). The van der Waals surface area contributed by atoms with Crippen LogP contribution in [0.5, 0.6) is 0 Å². The molecule has 5 heterocycles. The number of aliphatic imine (C=N–C) groups is 1. The van der Waals surface area contributed by atoms with Crippen molar-refractivity contribution in [1.29, 1.82) is 0 Å². The Bertz CT molecular complexity index is 1550. The number of ether oxygens (including phenoxy) is 1. The van der Waals surface area contributed by atoms with Crippen LogP contribution >= 0.6 is 0 Å². The van der Waals surface area contributed by atoms with E-state index in [0.29, 0.717) is 19.0 Å². The minimum Gasteiger partial charge on any atom is -0.447 e. The van der Waals surface area contributed by atoms with Crippen LogP contribution in [0.4, 0.5) is 23.8 Å². The molecule has 9 nitrogen and oxygen atoms in total. The number of halogens is 3. The molecule has 2 amide bonds. The first-order valence-corrected chi connectivity index (χ1v) is 13.8. The summed E-state index contributed by atoms with van der Waals surface area (Å²) in [5, 5.41) is 2.44. The Kier molecular flexibility index (Phi) is 6.99. The van der Waals surface area contributed by atoms with Crippen LogP contribution in [-0.2, 0) is 10.9 Å². The van der Waals surface area contributed by atoms with Gasteiger partial charge in [-0.15, -0.1) is 0 Å². The molecule has 4 aliphatic rings. The number of amides is 2. The summed E-state index contributed by atoms with van der Waals surface area (Å²) in [7, 11) is 0. The van der Waals surface area contributed by atoms with Gasteiger partial charge in [-0.2, -0.15) is 13.2 Å². The lowest BCUT2D eigenvalue weighted by molar-refractivity contribution is -0.137. The maximum atomic E-state index is 13.1. The fraction of sp³-hybridized carbons (Fsp3) is 0.333. The van der Waals surface area contributed by atoms with Gasteiger partial charge in [0.15, 0.2) is 0 Å². The molecule has 0 radical (unpaired) electrons. The molecule has 1 aromatic carbocycles. The molecular weight excluding hydrogens is 549 g/mol. The molecule has 0 saturated carbocycles. The molecule has 0 aliphatic carbocycles. The zero-order valence-electron chi connectivity index (χ0n) is 22.8. The van der Waals surface area contributed by atoms with Crippen molar-refractivity contribution in [3.05, 3.63) is 89.2 Å². The van der Waals surface area contributed by atoms with Crippen LogP contribution in [0.15, 0.2) is 77.5 Å². The minimum atomic E-state index is -4.55. The van der Waals surface area contributed by atoms with Gasteiger partial charge in [-0.05, 0) is 54.7 Å². The Balaban J connectivity index is 1.27. The SMILES string of the molecule is CCC1C=C(C2CCC3COC(=O)N3C2)N2C=CN=C(N)C2=C1c1ccc(C(=O)Nc2cc(C(F)(F)F)ccn2)cc1. The summed E-state index contributed by atoms with van der Waals surface area (Å²) in [6.45, 7) is 3.09. The highest BCUT2D eigenvalue weighted by Gasteiger charge is 2.42. The van der Waals surface area contributed by atoms with Crippen LogP contribution < -0.4 is 11.1 Å². The van der Waals surface area contributed by atoms with Crippen LogP contribution in [-0.4, -0.2) is 51.8 Å². The summed E-state index contributed by atoms with van der Waals surface area (Å²) in [5.41, 5.74) is 9.46. The van der Waals surface area contributed by atoms with E-state index in [-0.39, 0.29) is 35.4 Å². The third-order valence-corrected chi connectivity index (χ3v) is 8.17. The summed E-state index contributed by atoms with van der Waals surface area (Å²) in [6.07, 6.45) is 4.49. The molecule has 0 spiro atoms. The Hall–Kier alpha value is -4.61. The summed E-state index contributed by atoms with van der Waals surface area (Å²) >= 11 is 0. The first-order chi connectivity index (χ1) is 20.1. The molecule has 0 bridgehead atoms. The number of fused-ring (bicyclic) bond motifs is 2. The summed E-state index contributed by atoms with van der Waals surface area (Å²) < 4.78 is 44.4. The number of pyridine rings is 1. The second kappa shape index (κ2) is 10.7. The van der Waals surface area contributed by atoms with E-state index < -0.39 is 17.6 Å². The number of cyclic esters (lactones) is 1.